The van der Waals surface area contributed by atoms with Crippen molar-refractivity contribution in [2.24, 2.45) is 0 Å². The molecule has 0 amide bonds. The van der Waals surface area contributed by atoms with Crippen molar-refractivity contribution < 1.29 is 15.0 Å². The van der Waals surface area contributed by atoms with Gasteiger partial charge in [-0.3, -0.25) is 0 Å². The Morgan fingerprint density at radius 3 is 2.50 bits per heavy atom. The van der Waals surface area contributed by atoms with E-state index in [9.17, 15) is 9.90 Å². The van der Waals surface area contributed by atoms with Crippen molar-refractivity contribution >= 4 is 17.3 Å². The molecular weight excluding hydrogens is 178 g/mol. The minimum Gasteiger partial charge on any atom is -0.476 e. The fourth-order valence-corrected chi connectivity index (χ4v) is 1.41. The van der Waals surface area contributed by atoms with Crippen molar-refractivity contribution in [1.29, 1.82) is 0 Å². The molecule has 66 valence electrons. The van der Waals surface area contributed by atoms with Gasteiger partial charge in [0.2, 0.25) is 5.01 Å². The third-order valence-corrected chi connectivity index (χ3v) is 2.59. The van der Waals surface area contributed by atoms with Gasteiger partial charge < -0.3 is 10.2 Å². The molecule has 0 spiro atoms. The van der Waals surface area contributed by atoms with E-state index in [-0.39, 0.29) is 5.01 Å². The van der Waals surface area contributed by atoms with Crippen molar-refractivity contribution in [3.63, 3.8) is 0 Å². The molecule has 12 heavy (non-hydrogen) atoms. The highest BCUT2D eigenvalue weighted by Gasteiger charge is 2.20. The Balaban J connectivity index is 3.00. The number of nitrogens with zero attached hydrogens (tertiary/aromatic N) is 1. The van der Waals surface area contributed by atoms with E-state index in [1.807, 2.05) is 0 Å². The van der Waals surface area contributed by atoms with Crippen LogP contribution >= 0.6 is 11.3 Å². The first-order valence-electron chi connectivity index (χ1n) is 3.33. The standard InChI is InChI=1S/C7H9NO3S/c1-7(2,11)4-3-8-5(12-4)6(9)10/h3,11H,1-2H3,(H,9,10). The molecule has 0 aromatic carbocycles. The van der Waals surface area contributed by atoms with Gasteiger partial charge in [-0.25, -0.2) is 9.78 Å². The van der Waals surface area contributed by atoms with E-state index in [2.05, 4.69) is 4.98 Å². The Hall–Kier alpha value is -0.940. The van der Waals surface area contributed by atoms with Crippen LogP contribution in [0.5, 0.6) is 0 Å². The molecule has 1 aromatic rings. The minimum absolute atomic E-state index is 0.00660. The van der Waals surface area contributed by atoms with E-state index >= 15 is 0 Å². The first kappa shape index (κ1) is 9.15. The first-order valence-corrected chi connectivity index (χ1v) is 4.15. The summed E-state index contributed by atoms with van der Waals surface area (Å²) in [5.74, 6) is -1.06. The molecule has 0 aliphatic rings. The van der Waals surface area contributed by atoms with Crippen molar-refractivity contribution in [3.05, 3.63) is 16.1 Å². The third-order valence-electron chi connectivity index (χ3n) is 1.29. The maximum absolute atomic E-state index is 10.4. The zero-order valence-electron chi connectivity index (χ0n) is 6.74. The highest BCUT2D eigenvalue weighted by atomic mass is 32.1. The number of aromatic nitrogens is 1. The summed E-state index contributed by atoms with van der Waals surface area (Å²) in [6.07, 6.45) is 1.38. The number of carboxylic acids is 1. The summed E-state index contributed by atoms with van der Waals surface area (Å²) in [4.78, 5) is 14.6. The maximum atomic E-state index is 10.4. The highest BCUT2D eigenvalue weighted by molar-refractivity contribution is 7.13. The number of hydrogen-bond acceptors (Lipinski definition) is 4. The monoisotopic (exact) mass is 187 g/mol. The molecule has 0 saturated heterocycles. The van der Waals surface area contributed by atoms with Gasteiger partial charge in [-0.05, 0) is 13.8 Å². The summed E-state index contributed by atoms with van der Waals surface area (Å²) < 4.78 is 0. The second kappa shape index (κ2) is 2.84. The molecule has 0 atom stereocenters. The van der Waals surface area contributed by atoms with Gasteiger partial charge in [0, 0.05) is 6.20 Å². The minimum atomic E-state index is -1.06. The van der Waals surface area contributed by atoms with Gasteiger partial charge in [0.15, 0.2) is 0 Å². The number of aromatic carboxylic acids is 1. The number of carboxylic acid groups (broad SMARTS) is 1. The second-order valence-electron chi connectivity index (χ2n) is 2.89. The molecule has 0 bridgehead atoms. The van der Waals surface area contributed by atoms with E-state index in [1.54, 1.807) is 13.8 Å². The van der Waals surface area contributed by atoms with E-state index in [0.717, 1.165) is 11.3 Å². The summed E-state index contributed by atoms with van der Waals surface area (Å²) in [5.41, 5.74) is -1.01. The fraction of sp³-hybridized carbons (Fsp3) is 0.429. The van der Waals surface area contributed by atoms with Crippen molar-refractivity contribution in [2.45, 2.75) is 19.4 Å². The van der Waals surface area contributed by atoms with Crippen LogP contribution in [-0.4, -0.2) is 21.2 Å². The summed E-state index contributed by atoms with van der Waals surface area (Å²) in [6, 6.07) is 0. The summed E-state index contributed by atoms with van der Waals surface area (Å²) in [5, 5.41) is 18.0. The Morgan fingerprint density at radius 2 is 2.25 bits per heavy atom. The van der Waals surface area contributed by atoms with E-state index in [1.165, 1.54) is 6.20 Å². The lowest BCUT2D eigenvalue weighted by molar-refractivity contribution is 0.0696. The molecule has 4 nitrogen and oxygen atoms in total. The van der Waals surface area contributed by atoms with Crippen molar-refractivity contribution in [2.75, 3.05) is 0 Å². The number of aliphatic hydroxyl groups is 1. The number of hydrogen-bond donors (Lipinski definition) is 2. The van der Waals surface area contributed by atoms with Gasteiger partial charge in [0.1, 0.15) is 0 Å². The molecule has 0 saturated carbocycles. The lowest BCUT2D eigenvalue weighted by Gasteiger charge is -2.12. The molecule has 0 radical (unpaired) electrons. The number of rotatable bonds is 2. The lowest BCUT2D eigenvalue weighted by Crippen LogP contribution is -2.12. The Bertz CT molecular complexity index is 300. The normalized spacial score (nSPS) is 11.6. The molecule has 0 aliphatic carbocycles. The van der Waals surface area contributed by atoms with Crippen LogP contribution in [0.15, 0.2) is 6.20 Å². The first-order chi connectivity index (χ1) is 5.41. The molecule has 0 unspecified atom stereocenters. The summed E-state index contributed by atoms with van der Waals surface area (Å²) >= 11 is 0.987. The van der Waals surface area contributed by atoms with Crippen molar-refractivity contribution in [1.82, 2.24) is 4.98 Å². The van der Waals surface area contributed by atoms with Crippen LogP contribution in [0, 0.1) is 0 Å². The van der Waals surface area contributed by atoms with Gasteiger partial charge in [0.05, 0.1) is 10.5 Å². The topological polar surface area (TPSA) is 70.4 Å². The molecule has 1 aromatic heterocycles. The van der Waals surface area contributed by atoms with E-state index in [0.29, 0.717) is 4.88 Å². The fourth-order valence-electron chi connectivity index (χ4n) is 0.656. The quantitative estimate of drug-likeness (QED) is 0.726. The van der Waals surface area contributed by atoms with Crippen LogP contribution in [0.4, 0.5) is 0 Å². The van der Waals surface area contributed by atoms with Gasteiger partial charge in [-0.2, -0.15) is 0 Å². The van der Waals surface area contributed by atoms with Crippen molar-refractivity contribution in [3.8, 4) is 0 Å². The van der Waals surface area contributed by atoms with Gasteiger partial charge in [-0.15, -0.1) is 11.3 Å². The Labute approximate surface area is 73.5 Å². The largest absolute Gasteiger partial charge is 0.476 e. The Morgan fingerprint density at radius 1 is 1.67 bits per heavy atom. The van der Waals surface area contributed by atoms with Gasteiger partial charge in [0.25, 0.3) is 0 Å². The van der Waals surface area contributed by atoms with Crippen LogP contribution in [0.1, 0.15) is 28.5 Å². The zero-order valence-corrected chi connectivity index (χ0v) is 7.55. The van der Waals surface area contributed by atoms with Crippen LogP contribution < -0.4 is 0 Å². The number of carbonyl (C=O) groups is 1. The highest BCUT2D eigenvalue weighted by Crippen LogP contribution is 2.25. The third kappa shape index (κ3) is 1.80. The average molecular weight is 187 g/mol. The van der Waals surface area contributed by atoms with Crippen LogP contribution in [0.25, 0.3) is 0 Å². The zero-order chi connectivity index (χ0) is 9.35. The molecular formula is C7H9NO3S. The predicted molar refractivity (Wildman–Crippen MR) is 44.3 cm³/mol. The van der Waals surface area contributed by atoms with Crippen LogP contribution in [-0.2, 0) is 5.60 Å². The van der Waals surface area contributed by atoms with Gasteiger partial charge >= 0.3 is 5.97 Å². The number of thiazole rings is 1. The molecule has 2 N–H and O–H groups in total. The average Bonchev–Trinajstić information content (AvgIpc) is 2.30. The van der Waals surface area contributed by atoms with Gasteiger partial charge in [-0.1, -0.05) is 0 Å². The lowest BCUT2D eigenvalue weighted by atomic mass is 10.1. The summed E-state index contributed by atoms with van der Waals surface area (Å²) in [6.45, 7) is 3.18. The molecule has 1 rings (SSSR count). The van der Waals surface area contributed by atoms with E-state index < -0.39 is 11.6 Å². The molecule has 0 fully saturated rings. The molecule has 1 heterocycles. The van der Waals surface area contributed by atoms with E-state index in [4.69, 9.17) is 5.11 Å². The van der Waals surface area contributed by atoms with Crippen LogP contribution in [0.2, 0.25) is 0 Å². The summed E-state index contributed by atoms with van der Waals surface area (Å²) in [7, 11) is 0. The Kier molecular flexibility index (Phi) is 2.16. The predicted octanol–water partition coefficient (Wildman–Crippen LogP) is 1.07. The molecule has 5 heteroatoms. The van der Waals surface area contributed by atoms with Crippen LogP contribution in [0.3, 0.4) is 0 Å². The maximum Gasteiger partial charge on any atom is 0.365 e. The molecule has 0 aliphatic heterocycles. The second-order valence-corrected chi connectivity index (χ2v) is 3.92. The smallest absolute Gasteiger partial charge is 0.365 e. The SMILES string of the molecule is CC(C)(O)c1cnc(C(=O)O)s1.